The van der Waals surface area contributed by atoms with E-state index >= 15 is 0 Å². The Kier molecular flexibility index (Phi) is 8.67. The van der Waals surface area contributed by atoms with Crippen LogP contribution in [0.15, 0.2) is 59.9 Å². The molecule has 0 atom stereocenters. The van der Waals surface area contributed by atoms with Gasteiger partial charge >= 0.3 is 0 Å². The summed E-state index contributed by atoms with van der Waals surface area (Å²) < 4.78 is 0. The van der Waals surface area contributed by atoms with E-state index in [-0.39, 0.29) is 5.91 Å². The van der Waals surface area contributed by atoms with Gasteiger partial charge in [-0.1, -0.05) is 41.6 Å². The van der Waals surface area contributed by atoms with Crippen molar-refractivity contribution in [2.45, 2.75) is 31.2 Å². The molecule has 0 fully saturated rings. The zero-order valence-electron chi connectivity index (χ0n) is 17.7. The maximum Gasteiger partial charge on any atom is 0.251 e. The predicted octanol–water partition coefficient (Wildman–Crippen LogP) is 4.64. The number of aromatic nitrogens is 3. The molecule has 3 rings (SSSR count). The Hall–Kier alpha value is -2.64. The van der Waals surface area contributed by atoms with E-state index in [4.69, 9.17) is 11.6 Å². The minimum Gasteiger partial charge on any atom is -0.357 e. The molecule has 0 saturated carbocycles. The summed E-state index contributed by atoms with van der Waals surface area (Å²) in [6.07, 6.45) is 2.45. The summed E-state index contributed by atoms with van der Waals surface area (Å²) in [7, 11) is 0. The Morgan fingerprint density at radius 1 is 1.10 bits per heavy atom. The first-order valence-electron chi connectivity index (χ1n) is 10.3. The number of anilines is 1. The molecular formula is C23H26ClN5OS. The fraction of sp³-hybridized carbons (Fsp3) is 0.304. The fourth-order valence-electron chi connectivity index (χ4n) is 3.06. The maximum atomic E-state index is 12.5. The summed E-state index contributed by atoms with van der Waals surface area (Å²) in [5, 5.41) is 4.01. The van der Waals surface area contributed by atoms with Gasteiger partial charge in [0.25, 0.3) is 5.91 Å². The van der Waals surface area contributed by atoms with Gasteiger partial charge in [0.1, 0.15) is 11.0 Å². The van der Waals surface area contributed by atoms with E-state index in [9.17, 15) is 4.79 Å². The van der Waals surface area contributed by atoms with Crippen molar-refractivity contribution in [1.82, 2.24) is 20.3 Å². The van der Waals surface area contributed by atoms with Crippen LogP contribution in [0.1, 0.15) is 35.5 Å². The Bertz CT molecular complexity index is 998. The van der Waals surface area contributed by atoms with Crippen molar-refractivity contribution in [2.75, 3.05) is 24.5 Å². The van der Waals surface area contributed by atoms with Gasteiger partial charge in [-0.25, -0.2) is 9.97 Å². The Labute approximate surface area is 192 Å². The van der Waals surface area contributed by atoms with Crippen LogP contribution in [0.2, 0.25) is 5.15 Å². The summed E-state index contributed by atoms with van der Waals surface area (Å²) in [6, 6.07) is 15.2. The van der Waals surface area contributed by atoms with Crippen LogP contribution in [-0.2, 0) is 12.2 Å². The molecule has 2 aromatic heterocycles. The van der Waals surface area contributed by atoms with Crippen LogP contribution >= 0.6 is 23.4 Å². The first kappa shape index (κ1) is 23.0. The van der Waals surface area contributed by atoms with E-state index in [0.717, 1.165) is 30.2 Å². The summed E-state index contributed by atoms with van der Waals surface area (Å²) in [6.45, 7) is 6.41. The largest absolute Gasteiger partial charge is 0.357 e. The monoisotopic (exact) mass is 455 g/mol. The molecule has 0 radical (unpaired) electrons. The molecule has 6 nitrogen and oxygen atoms in total. The van der Waals surface area contributed by atoms with Crippen LogP contribution in [0, 0.1) is 0 Å². The second-order valence-electron chi connectivity index (χ2n) is 6.82. The Morgan fingerprint density at radius 3 is 2.68 bits per heavy atom. The molecule has 1 N–H and O–H groups in total. The molecule has 0 aliphatic carbocycles. The minimum absolute atomic E-state index is 0.0920. The highest BCUT2D eigenvalue weighted by Gasteiger charge is 2.10. The van der Waals surface area contributed by atoms with Crippen LogP contribution < -0.4 is 10.2 Å². The number of rotatable bonds is 10. The SMILES string of the molecule is CCN(CC)c1cc(Cl)nc(SCc2cccc(C(=O)NCCc3ccccn3)c2)n1. The number of benzene rings is 1. The highest BCUT2D eigenvalue weighted by atomic mass is 35.5. The van der Waals surface area contributed by atoms with Crippen LogP contribution in [0.3, 0.4) is 0 Å². The second-order valence-corrected chi connectivity index (χ2v) is 8.15. The number of hydrogen-bond acceptors (Lipinski definition) is 6. The number of thioether (sulfide) groups is 1. The van der Waals surface area contributed by atoms with E-state index in [2.05, 4.69) is 39.0 Å². The lowest BCUT2D eigenvalue weighted by Crippen LogP contribution is -2.25. The van der Waals surface area contributed by atoms with Crippen molar-refractivity contribution in [3.63, 3.8) is 0 Å². The quantitative estimate of drug-likeness (QED) is 0.273. The third-order valence-electron chi connectivity index (χ3n) is 4.70. The van der Waals surface area contributed by atoms with Gasteiger partial charge in [0, 0.05) is 55.3 Å². The van der Waals surface area contributed by atoms with E-state index in [1.54, 1.807) is 12.3 Å². The highest BCUT2D eigenvalue weighted by Crippen LogP contribution is 2.25. The minimum atomic E-state index is -0.0920. The first-order chi connectivity index (χ1) is 15.1. The van der Waals surface area contributed by atoms with Crippen molar-refractivity contribution < 1.29 is 4.79 Å². The molecule has 0 aliphatic rings. The number of carbonyl (C=O) groups is 1. The lowest BCUT2D eigenvalue weighted by atomic mass is 10.1. The van der Waals surface area contributed by atoms with Gasteiger partial charge in [-0.2, -0.15) is 0 Å². The highest BCUT2D eigenvalue weighted by molar-refractivity contribution is 7.98. The molecule has 0 spiro atoms. The standard InChI is InChI=1S/C23H26ClN5OS/c1-3-29(4-2)21-15-20(24)27-23(28-21)31-16-17-8-7-9-18(14-17)22(30)26-13-11-19-10-5-6-12-25-19/h5-10,12,14-15H,3-4,11,13,16H2,1-2H3,(H,26,30). The predicted molar refractivity (Wildman–Crippen MR) is 127 cm³/mol. The zero-order valence-corrected chi connectivity index (χ0v) is 19.3. The molecule has 8 heteroatoms. The number of nitrogens with one attached hydrogen (secondary N) is 1. The van der Waals surface area contributed by atoms with Gasteiger partial charge in [0.2, 0.25) is 0 Å². The van der Waals surface area contributed by atoms with Gasteiger partial charge in [0.05, 0.1) is 0 Å². The number of halogens is 1. The van der Waals surface area contributed by atoms with Crippen molar-refractivity contribution in [2.24, 2.45) is 0 Å². The van der Waals surface area contributed by atoms with Crippen molar-refractivity contribution >= 4 is 35.1 Å². The average molecular weight is 456 g/mol. The molecule has 1 aromatic carbocycles. The van der Waals surface area contributed by atoms with Crippen LogP contribution in [-0.4, -0.2) is 40.5 Å². The summed E-state index contributed by atoms with van der Waals surface area (Å²) >= 11 is 7.70. The molecule has 1 amide bonds. The number of carbonyl (C=O) groups excluding carboxylic acids is 1. The topological polar surface area (TPSA) is 71.0 Å². The Morgan fingerprint density at radius 2 is 1.94 bits per heavy atom. The molecule has 0 bridgehead atoms. The van der Waals surface area contributed by atoms with E-state index < -0.39 is 0 Å². The summed E-state index contributed by atoms with van der Waals surface area (Å²) in [5.74, 6) is 1.38. The van der Waals surface area contributed by atoms with Gasteiger partial charge in [-0.3, -0.25) is 9.78 Å². The van der Waals surface area contributed by atoms with Crippen LogP contribution in [0.5, 0.6) is 0 Å². The summed E-state index contributed by atoms with van der Waals surface area (Å²) in [5.41, 5.74) is 2.61. The molecule has 0 aliphatic heterocycles. The maximum absolute atomic E-state index is 12.5. The van der Waals surface area contributed by atoms with E-state index in [0.29, 0.717) is 34.6 Å². The van der Waals surface area contributed by atoms with Crippen LogP contribution in [0.25, 0.3) is 0 Å². The third-order valence-corrected chi connectivity index (χ3v) is 5.81. The van der Waals surface area contributed by atoms with Gasteiger partial charge < -0.3 is 10.2 Å². The first-order valence-corrected chi connectivity index (χ1v) is 11.6. The molecule has 0 saturated heterocycles. The van der Waals surface area contributed by atoms with Gasteiger partial charge in [0.15, 0.2) is 5.16 Å². The molecule has 162 valence electrons. The third kappa shape index (κ3) is 6.94. The molecule has 2 heterocycles. The normalized spacial score (nSPS) is 10.7. The number of nitrogens with zero attached hydrogens (tertiary/aromatic N) is 4. The zero-order chi connectivity index (χ0) is 22.1. The van der Waals surface area contributed by atoms with Crippen LogP contribution in [0.4, 0.5) is 5.82 Å². The average Bonchev–Trinajstić information content (AvgIpc) is 2.79. The number of pyridine rings is 1. The van der Waals surface area contributed by atoms with E-state index in [1.165, 1.54) is 11.8 Å². The lowest BCUT2D eigenvalue weighted by molar-refractivity contribution is 0.0954. The smallest absolute Gasteiger partial charge is 0.251 e. The van der Waals surface area contributed by atoms with Crippen molar-refractivity contribution in [3.8, 4) is 0 Å². The van der Waals surface area contributed by atoms with Gasteiger partial charge in [-0.15, -0.1) is 0 Å². The lowest BCUT2D eigenvalue weighted by Gasteiger charge is -2.20. The van der Waals surface area contributed by atoms with Crippen molar-refractivity contribution in [1.29, 1.82) is 0 Å². The van der Waals surface area contributed by atoms with Gasteiger partial charge in [-0.05, 0) is 43.7 Å². The second kappa shape index (κ2) is 11.7. The fourth-order valence-corrected chi connectivity index (χ4v) is 4.09. The molecular weight excluding hydrogens is 430 g/mol. The molecule has 3 aromatic rings. The van der Waals surface area contributed by atoms with E-state index in [1.807, 2.05) is 42.5 Å². The number of amides is 1. The molecule has 31 heavy (non-hydrogen) atoms. The Balaban J connectivity index is 1.58. The van der Waals surface area contributed by atoms with Crippen molar-refractivity contribution in [3.05, 3.63) is 76.7 Å². The number of hydrogen-bond donors (Lipinski definition) is 1. The molecule has 0 unspecified atom stereocenters. The summed E-state index contributed by atoms with van der Waals surface area (Å²) in [4.78, 5) is 27.9.